The second-order valence-electron chi connectivity index (χ2n) is 6.34. The molecule has 0 saturated carbocycles. The summed E-state index contributed by atoms with van der Waals surface area (Å²) in [6.07, 6.45) is 3.89. The molecule has 2 heterocycles. The Balaban J connectivity index is 1.93. The topological polar surface area (TPSA) is 62.0 Å². The first-order valence-electron chi connectivity index (χ1n) is 8.37. The van der Waals surface area contributed by atoms with Gasteiger partial charge in [0.2, 0.25) is 0 Å². The Morgan fingerprint density at radius 1 is 1.31 bits per heavy atom. The fourth-order valence-electron chi connectivity index (χ4n) is 2.77. The van der Waals surface area contributed by atoms with Gasteiger partial charge in [-0.2, -0.15) is 0 Å². The second kappa shape index (κ2) is 7.95. The number of likely N-dealkylation sites (N-methyl/N-ethyl adjacent to an activating group) is 1. The smallest absolute Gasteiger partial charge is 0.139 e. The van der Waals surface area contributed by atoms with Gasteiger partial charge in [0.15, 0.2) is 0 Å². The first-order valence-corrected chi connectivity index (χ1v) is 8.74. The van der Waals surface area contributed by atoms with Gasteiger partial charge >= 0.3 is 0 Å². The Bertz CT molecular complexity index is 908. The monoisotopic (exact) mass is 374 g/mol. The molecule has 138 valence electrons. The summed E-state index contributed by atoms with van der Waals surface area (Å²) < 4.78 is 7.18. The minimum absolute atomic E-state index is 0.117. The summed E-state index contributed by atoms with van der Waals surface area (Å²) in [5.41, 5.74) is 4.12. The standard InChI is InChI=1S/C19H23ClN4O2/c1-23(2)7-5-21-14-4-6-24-11-17(22-19(24)9-14)15-10-16(20)18(26-3)8-13(15)12-25/h4,6,8-11,21,25H,5,7,12H2,1-3H3. The summed E-state index contributed by atoms with van der Waals surface area (Å²) in [6.45, 7) is 1.70. The van der Waals surface area contributed by atoms with E-state index in [1.165, 1.54) is 0 Å². The van der Waals surface area contributed by atoms with E-state index in [0.717, 1.165) is 41.2 Å². The third-order valence-electron chi connectivity index (χ3n) is 4.17. The molecule has 0 amide bonds. The molecule has 0 aliphatic heterocycles. The largest absolute Gasteiger partial charge is 0.495 e. The summed E-state index contributed by atoms with van der Waals surface area (Å²) in [5, 5.41) is 13.6. The number of nitrogens with one attached hydrogen (secondary N) is 1. The maximum absolute atomic E-state index is 9.70. The SMILES string of the molecule is COc1cc(CO)c(-c2cn3ccc(NCCN(C)C)cc3n2)cc1Cl. The van der Waals surface area contributed by atoms with Crippen molar-refractivity contribution in [3.05, 3.63) is 47.2 Å². The molecule has 3 rings (SSSR count). The number of hydrogen-bond donors (Lipinski definition) is 2. The van der Waals surface area contributed by atoms with E-state index in [1.54, 1.807) is 19.2 Å². The highest BCUT2D eigenvalue weighted by atomic mass is 35.5. The lowest BCUT2D eigenvalue weighted by Gasteiger charge is -2.11. The first kappa shape index (κ1) is 18.5. The molecule has 26 heavy (non-hydrogen) atoms. The van der Waals surface area contributed by atoms with Crippen LogP contribution >= 0.6 is 11.6 Å². The number of anilines is 1. The maximum atomic E-state index is 9.70. The molecule has 3 aromatic rings. The normalized spacial score (nSPS) is 11.3. The van der Waals surface area contributed by atoms with Crippen LogP contribution in [0.2, 0.25) is 5.02 Å². The number of halogens is 1. The highest BCUT2D eigenvalue weighted by Gasteiger charge is 2.13. The molecule has 0 spiro atoms. The molecular weight excluding hydrogens is 352 g/mol. The average molecular weight is 375 g/mol. The molecule has 2 N–H and O–H groups in total. The van der Waals surface area contributed by atoms with E-state index in [0.29, 0.717) is 10.8 Å². The quantitative estimate of drug-likeness (QED) is 0.665. The molecule has 1 aromatic carbocycles. The molecule has 0 aliphatic rings. The van der Waals surface area contributed by atoms with Crippen LogP contribution in [0.15, 0.2) is 36.7 Å². The van der Waals surface area contributed by atoms with Gasteiger partial charge in [-0.15, -0.1) is 0 Å². The van der Waals surface area contributed by atoms with Gasteiger partial charge in [0, 0.05) is 42.8 Å². The van der Waals surface area contributed by atoms with Crippen molar-refractivity contribution in [1.82, 2.24) is 14.3 Å². The minimum Gasteiger partial charge on any atom is -0.495 e. The lowest BCUT2D eigenvalue weighted by molar-refractivity contribution is 0.281. The first-order chi connectivity index (χ1) is 12.5. The summed E-state index contributed by atoms with van der Waals surface area (Å²) in [6, 6.07) is 7.55. The summed E-state index contributed by atoms with van der Waals surface area (Å²) in [5.74, 6) is 0.538. The zero-order valence-corrected chi connectivity index (χ0v) is 15.9. The summed E-state index contributed by atoms with van der Waals surface area (Å²) in [4.78, 5) is 6.82. The van der Waals surface area contributed by atoms with Gasteiger partial charge in [0.05, 0.1) is 24.4 Å². The van der Waals surface area contributed by atoms with Gasteiger partial charge < -0.3 is 24.5 Å². The minimum atomic E-state index is -0.117. The Morgan fingerprint density at radius 3 is 2.81 bits per heavy atom. The third kappa shape index (κ3) is 3.93. The van der Waals surface area contributed by atoms with Crippen molar-refractivity contribution in [3.8, 4) is 17.0 Å². The summed E-state index contributed by atoms with van der Waals surface area (Å²) in [7, 11) is 5.65. The van der Waals surface area contributed by atoms with Crippen LogP contribution in [0.3, 0.4) is 0 Å². The Labute approximate surface area is 158 Å². The fraction of sp³-hybridized carbons (Fsp3) is 0.316. The Hall–Kier alpha value is -2.28. The van der Waals surface area contributed by atoms with Crippen molar-refractivity contribution in [2.24, 2.45) is 0 Å². The molecular formula is C19H23ClN4O2. The highest BCUT2D eigenvalue weighted by molar-refractivity contribution is 6.32. The number of ether oxygens (including phenoxy) is 1. The number of hydrogen-bond acceptors (Lipinski definition) is 5. The number of aliphatic hydroxyl groups is 1. The molecule has 0 saturated heterocycles. The summed E-state index contributed by atoms with van der Waals surface area (Å²) >= 11 is 6.26. The van der Waals surface area contributed by atoms with Crippen LogP contribution in [-0.4, -0.2) is 53.7 Å². The molecule has 0 aliphatic carbocycles. The average Bonchev–Trinajstić information content (AvgIpc) is 3.04. The van der Waals surface area contributed by atoms with Crippen molar-refractivity contribution in [1.29, 1.82) is 0 Å². The predicted molar refractivity (Wildman–Crippen MR) is 105 cm³/mol. The molecule has 0 atom stereocenters. The number of nitrogens with zero attached hydrogens (tertiary/aromatic N) is 3. The van der Waals surface area contributed by atoms with E-state index in [4.69, 9.17) is 21.3 Å². The molecule has 6 nitrogen and oxygen atoms in total. The van der Waals surface area contributed by atoms with Gasteiger partial charge in [0.1, 0.15) is 11.4 Å². The molecule has 0 bridgehead atoms. The third-order valence-corrected chi connectivity index (χ3v) is 4.47. The van der Waals surface area contributed by atoms with Gasteiger partial charge in [-0.25, -0.2) is 4.98 Å². The lowest BCUT2D eigenvalue weighted by Crippen LogP contribution is -2.20. The van der Waals surface area contributed by atoms with Crippen LogP contribution in [0.5, 0.6) is 5.75 Å². The molecule has 0 unspecified atom stereocenters. The van der Waals surface area contributed by atoms with Crippen LogP contribution in [-0.2, 0) is 6.61 Å². The van der Waals surface area contributed by atoms with Crippen LogP contribution in [0.25, 0.3) is 16.9 Å². The highest BCUT2D eigenvalue weighted by Crippen LogP contribution is 2.33. The van der Waals surface area contributed by atoms with Crippen LogP contribution in [0, 0.1) is 0 Å². The van der Waals surface area contributed by atoms with E-state index < -0.39 is 0 Å². The number of imidazole rings is 1. The van der Waals surface area contributed by atoms with Gasteiger partial charge in [-0.1, -0.05) is 11.6 Å². The van der Waals surface area contributed by atoms with Gasteiger partial charge in [0.25, 0.3) is 0 Å². The zero-order chi connectivity index (χ0) is 18.7. The Kier molecular flexibility index (Phi) is 5.66. The molecule has 7 heteroatoms. The van der Waals surface area contributed by atoms with Crippen molar-refractivity contribution in [2.75, 3.05) is 39.6 Å². The van der Waals surface area contributed by atoms with Crippen molar-refractivity contribution in [3.63, 3.8) is 0 Å². The Morgan fingerprint density at radius 2 is 2.12 bits per heavy atom. The van der Waals surface area contributed by atoms with Crippen molar-refractivity contribution in [2.45, 2.75) is 6.61 Å². The van der Waals surface area contributed by atoms with Crippen LogP contribution in [0.4, 0.5) is 5.69 Å². The molecule has 0 fully saturated rings. The van der Waals surface area contributed by atoms with E-state index in [9.17, 15) is 5.11 Å². The van der Waals surface area contributed by atoms with Crippen molar-refractivity contribution >= 4 is 22.9 Å². The van der Waals surface area contributed by atoms with Crippen LogP contribution in [0.1, 0.15) is 5.56 Å². The van der Waals surface area contributed by atoms with E-state index in [-0.39, 0.29) is 6.61 Å². The fourth-order valence-corrected chi connectivity index (χ4v) is 3.01. The molecule has 0 radical (unpaired) electrons. The van der Waals surface area contributed by atoms with Crippen LogP contribution < -0.4 is 10.1 Å². The number of pyridine rings is 1. The zero-order valence-electron chi connectivity index (χ0n) is 15.2. The second-order valence-corrected chi connectivity index (χ2v) is 6.75. The molecule has 2 aromatic heterocycles. The predicted octanol–water partition coefficient (Wildman–Crippen LogP) is 3.13. The van der Waals surface area contributed by atoms with E-state index in [2.05, 4.69) is 10.2 Å². The number of rotatable bonds is 7. The lowest BCUT2D eigenvalue weighted by atomic mass is 10.1. The van der Waals surface area contributed by atoms with Gasteiger partial charge in [-0.05, 0) is 37.9 Å². The van der Waals surface area contributed by atoms with E-state index >= 15 is 0 Å². The number of benzene rings is 1. The van der Waals surface area contributed by atoms with Crippen molar-refractivity contribution < 1.29 is 9.84 Å². The number of aromatic nitrogens is 2. The maximum Gasteiger partial charge on any atom is 0.139 e. The number of methoxy groups -OCH3 is 1. The van der Waals surface area contributed by atoms with Gasteiger partial charge in [-0.3, -0.25) is 0 Å². The number of fused-ring (bicyclic) bond motifs is 1. The van der Waals surface area contributed by atoms with E-state index in [1.807, 2.05) is 43.0 Å². The number of aliphatic hydroxyl groups excluding tert-OH is 1.